The van der Waals surface area contributed by atoms with Crippen LogP contribution in [0.5, 0.6) is 0 Å². The lowest BCUT2D eigenvalue weighted by Gasteiger charge is -2.31. The first-order chi connectivity index (χ1) is 19.6. The van der Waals surface area contributed by atoms with E-state index >= 15 is 0 Å². The van der Waals surface area contributed by atoms with E-state index < -0.39 is 18.1 Å². The number of esters is 2. The third-order valence-electron chi connectivity index (χ3n) is 7.16. The van der Waals surface area contributed by atoms with Gasteiger partial charge in [-0.3, -0.25) is 9.59 Å². The summed E-state index contributed by atoms with van der Waals surface area (Å²) in [7, 11) is 5.50. The van der Waals surface area contributed by atoms with Crippen LogP contribution in [-0.4, -0.2) is 80.6 Å². The van der Waals surface area contributed by atoms with E-state index in [1.807, 2.05) is 21.1 Å². The maximum absolute atomic E-state index is 12.5. The number of carboxylic acids is 1. The SMILES string of the molecule is CCCC/C=C/CCCCCCC(=O)OC(COCCC(C(=O)O)[N+](C)(C)C)COC(=O)CCCCCCCCC. The highest BCUT2D eigenvalue weighted by Gasteiger charge is 2.31. The number of hydrogen-bond donors (Lipinski definition) is 1. The second-order valence-electron chi connectivity index (χ2n) is 12.1. The molecule has 0 aliphatic rings. The number of aliphatic carboxylic acids is 1. The molecule has 0 radical (unpaired) electrons. The van der Waals surface area contributed by atoms with E-state index in [0.29, 0.717) is 19.3 Å². The Morgan fingerprint density at radius 1 is 0.707 bits per heavy atom. The lowest BCUT2D eigenvalue weighted by atomic mass is 10.1. The van der Waals surface area contributed by atoms with Crippen LogP contribution in [0.3, 0.4) is 0 Å². The predicted octanol–water partition coefficient (Wildman–Crippen LogP) is 7.24. The number of carbonyl (C=O) groups is 3. The van der Waals surface area contributed by atoms with Gasteiger partial charge in [0.2, 0.25) is 0 Å². The molecule has 41 heavy (non-hydrogen) atoms. The fourth-order valence-electron chi connectivity index (χ4n) is 4.54. The maximum atomic E-state index is 12.5. The molecule has 2 atom stereocenters. The number of allylic oxidation sites excluding steroid dienone is 2. The first-order valence-corrected chi connectivity index (χ1v) is 16.2. The standard InChI is InChI=1S/C33H61NO7/c1-6-8-10-12-14-15-16-18-20-22-24-32(36)41-29(27-39-26-25-30(33(37)38)34(3,4)5)28-40-31(35)23-21-19-17-13-11-9-7-2/h12,14,29-30H,6-11,13,15-28H2,1-5H3/p+1/b14-12+. The van der Waals surface area contributed by atoms with Gasteiger partial charge in [-0.05, 0) is 32.1 Å². The predicted molar refractivity (Wildman–Crippen MR) is 165 cm³/mol. The number of ether oxygens (including phenoxy) is 3. The quantitative estimate of drug-likeness (QED) is 0.0448. The summed E-state index contributed by atoms with van der Waals surface area (Å²) in [6.07, 6.45) is 21.2. The molecule has 0 spiro atoms. The molecule has 0 rings (SSSR count). The van der Waals surface area contributed by atoms with E-state index in [4.69, 9.17) is 14.2 Å². The van der Waals surface area contributed by atoms with Gasteiger partial charge in [0.1, 0.15) is 6.61 Å². The summed E-state index contributed by atoms with van der Waals surface area (Å²) in [5, 5.41) is 9.52. The molecule has 0 aromatic heterocycles. The Hall–Kier alpha value is -1.93. The number of rotatable bonds is 28. The third kappa shape index (κ3) is 24.4. The van der Waals surface area contributed by atoms with Crippen LogP contribution >= 0.6 is 0 Å². The lowest BCUT2D eigenvalue weighted by Crippen LogP contribution is -2.50. The molecule has 0 bridgehead atoms. The lowest BCUT2D eigenvalue weighted by molar-refractivity contribution is -0.887. The van der Waals surface area contributed by atoms with Crippen molar-refractivity contribution in [1.82, 2.24) is 0 Å². The van der Waals surface area contributed by atoms with Crippen molar-refractivity contribution >= 4 is 17.9 Å². The summed E-state index contributed by atoms with van der Waals surface area (Å²) in [5.41, 5.74) is 0. The molecule has 0 aromatic rings. The van der Waals surface area contributed by atoms with E-state index in [-0.39, 0.29) is 36.2 Å². The molecule has 0 aliphatic carbocycles. The fourth-order valence-corrected chi connectivity index (χ4v) is 4.54. The summed E-state index contributed by atoms with van der Waals surface area (Å²) in [5.74, 6) is -1.49. The van der Waals surface area contributed by atoms with Gasteiger partial charge in [-0.15, -0.1) is 0 Å². The van der Waals surface area contributed by atoms with E-state index in [1.165, 1.54) is 38.5 Å². The van der Waals surface area contributed by atoms with E-state index in [1.54, 1.807) is 0 Å². The van der Waals surface area contributed by atoms with Gasteiger partial charge in [-0.2, -0.15) is 0 Å². The van der Waals surface area contributed by atoms with Gasteiger partial charge < -0.3 is 23.8 Å². The monoisotopic (exact) mass is 584 g/mol. The van der Waals surface area contributed by atoms with Gasteiger partial charge in [-0.1, -0.05) is 90.2 Å². The summed E-state index contributed by atoms with van der Waals surface area (Å²) < 4.78 is 17.0. The maximum Gasteiger partial charge on any atom is 0.362 e. The first kappa shape index (κ1) is 39.1. The molecule has 1 N–H and O–H groups in total. The molecule has 0 aliphatic heterocycles. The molecular weight excluding hydrogens is 522 g/mol. The highest BCUT2D eigenvalue weighted by Crippen LogP contribution is 2.12. The summed E-state index contributed by atoms with van der Waals surface area (Å²) >= 11 is 0. The van der Waals surface area contributed by atoms with Crippen molar-refractivity contribution in [2.24, 2.45) is 0 Å². The number of quaternary nitrogens is 1. The molecule has 0 aromatic carbocycles. The molecule has 0 saturated heterocycles. The summed E-state index contributed by atoms with van der Waals surface area (Å²) in [6, 6.07) is -0.609. The Labute approximate surface area is 250 Å². The molecule has 8 nitrogen and oxygen atoms in total. The van der Waals surface area contributed by atoms with Crippen molar-refractivity contribution in [3.63, 3.8) is 0 Å². The van der Waals surface area contributed by atoms with Crippen molar-refractivity contribution in [2.75, 3.05) is 41.0 Å². The van der Waals surface area contributed by atoms with Crippen molar-refractivity contribution in [2.45, 2.75) is 142 Å². The highest BCUT2D eigenvalue weighted by molar-refractivity contribution is 5.72. The molecule has 0 fully saturated rings. The minimum Gasteiger partial charge on any atom is -0.477 e. The topological polar surface area (TPSA) is 99.1 Å². The van der Waals surface area contributed by atoms with Crippen molar-refractivity contribution in [1.29, 1.82) is 0 Å². The Morgan fingerprint density at radius 2 is 1.24 bits per heavy atom. The number of carboxylic acid groups (broad SMARTS) is 1. The van der Waals surface area contributed by atoms with Crippen molar-refractivity contribution < 1.29 is 38.2 Å². The minimum absolute atomic E-state index is 0.0524. The van der Waals surface area contributed by atoms with Crippen LogP contribution in [0.4, 0.5) is 0 Å². The Morgan fingerprint density at radius 3 is 1.83 bits per heavy atom. The fraction of sp³-hybridized carbons (Fsp3) is 0.848. The van der Waals surface area contributed by atoms with Gasteiger partial charge in [0.15, 0.2) is 12.1 Å². The number of likely N-dealkylation sites (N-methyl/N-ethyl adjacent to an activating group) is 1. The van der Waals surface area contributed by atoms with E-state index in [2.05, 4.69) is 26.0 Å². The van der Waals surface area contributed by atoms with Gasteiger partial charge in [0.25, 0.3) is 0 Å². The molecule has 8 heteroatoms. The van der Waals surface area contributed by atoms with Crippen LogP contribution in [0.15, 0.2) is 12.2 Å². The molecular formula is C33H62NO7+. The number of nitrogens with zero attached hydrogens (tertiary/aromatic N) is 1. The Bertz CT molecular complexity index is 702. The number of hydrogen-bond acceptors (Lipinski definition) is 6. The molecule has 2 unspecified atom stereocenters. The first-order valence-electron chi connectivity index (χ1n) is 16.2. The molecule has 0 amide bonds. The average molecular weight is 585 g/mol. The Kier molecular flexibility index (Phi) is 24.5. The minimum atomic E-state index is -0.879. The zero-order valence-electron chi connectivity index (χ0n) is 27.0. The van der Waals surface area contributed by atoms with Crippen molar-refractivity contribution in [3.05, 3.63) is 12.2 Å². The van der Waals surface area contributed by atoms with Crippen LogP contribution < -0.4 is 0 Å². The molecule has 0 heterocycles. The summed E-state index contributed by atoms with van der Waals surface area (Å²) in [6.45, 7) is 4.61. The smallest absolute Gasteiger partial charge is 0.362 e. The second-order valence-corrected chi connectivity index (χ2v) is 12.1. The van der Waals surface area contributed by atoms with Gasteiger partial charge in [0, 0.05) is 19.3 Å². The average Bonchev–Trinajstić information content (AvgIpc) is 2.91. The number of unbranched alkanes of at least 4 members (excludes halogenated alkanes) is 12. The van der Waals surface area contributed by atoms with Gasteiger partial charge in [0.05, 0.1) is 34.4 Å². The van der Waals surface area contributed by atoms with Crippen LogP contribution in [-0.2, 0) is 28.6 Å². The Balaban J connectivity index is 4.52. The van der Waals surface area contributed by atoms with Gasteiger partial charge >= 0.3 is 17.9 Å². The van der Waals surface area contributed by atoms with Crippen LogP contribution in [0.1, 0.15) is 129 Å². The largest absolute Gasteiger partial charge is 0.477 e. The van der Waals surface area contributed by atoms with Crippen LogP contribution in [0.2, 0.25) is 0 Å². The normalized spacial score (nSPS) is 13.3. The third-order valence-corrected chi connectivity index (χ3v) is 7.16. The summed E-state index contributed by atoms with van der Waals surface area (Å²) in [4.78, 5) is 36.4. The molecule has 240 valence electrons. The van der Waals surface area contributed by atoms with Crippen LogP contribution in [0, 0.1) is 0 Å². The van der Waals surface area contributed by atoms with E-state index in [9.17, 15) is 19.5 Å². The van der Waals surface area contributed by atoms with Gasteiger partial charge in [-0.25, -0.2) is 4.79 Å². The van der Waals surface area contributed by atoms with Crippen molar-refractivity contribution in [3.8, 4) is 0 Å². The van der Waals surface area contributed by atoms with Crippen LogP contribution in [0.25, 0.3) is 0 Å². The second kappa shape index (κ2) is 25.8. The van der Waals surface area contributed by atoms with E-state index in [0.717, 1.165) is 57.8 Å². The zero-order valence-corrected chi connectivity index (χ0v) is 27.0. The zero-order chi connectivity index (χ0) is 30.8. The molecule has 0 saturated carbocycles. The highest BCUT2D eigenvalue weighted by atomic mass is 16.6. The number of carbonyl (C=O) groups excluding carboxylic acids is 2.